The highest BCUT2D eigenvalue weighted by molar-refractivity contribution is 5.77. The monoisotopic (exact) mass is 266 g/mol. The minimum absolute atomic E-state index is 0.222. The van der Waals surface area contributed by atoms with Crippen molar-refractivity contribution < 1.29 is 4.39 Å². The number of allylic oxidation sites excluding steroid dienone is 2. The molecule has 20 heavy (non-hydrogen) atoms. The zero-order valence-corrected chi connectivity index (χ0v) is 12.2. The molecule has 0 amide bonds. The van der Waals surface area contributed by atoms with E-state index in [0.29, 0.717) is 11.1 Å². The molecule has 0 saturated carbocycles. The van der Waals surface area contributed by atoms with Crippen LogP contribution in [-0.4, -0.2) is 0 Å². The molecule has 2 aromatic carbocycles. The fourth-order valence-corrected chi connectivity index (χ4v) is 2.04. The lowest BCUT2D eigenvalue weighted by atomic mass is 10.0. The standard InChI is InChI=1S/C19H19F/c1-13-5-10-18(19(20)11-13)15(3)7-9-17-8-6-14(2)16(4)12-17/h5-12H,3H2,1-2,4H3/b9-7+. The van der Waals surface area contributed by atoms with E-state index in [1.54, 1.807) is 6.07 Å². The lowest BCUT2D eigenvalue weighted by Gasteiger charge is -2.04. The lowest BCUT2D eigenvalue weighted by Crippen LogP contribution is -1.88. The van der Waals surface area contributed by atoms with Crippen molar-refractivity contribution in [2.24, 2.45) is 0 Å². The van der Waals surface area contributed by atoms with E-state index >= 15 is 0 Å². The van der Waals surface area contributed by atoms with Crippen LogP contribution < -0.4 is 0 Å². The van der Waals surface area contributed by atoms with Gasteiger partial charge < -0.3 is 0 Å². The Morgan fingerprint density at radius 3 is 2.40 bits per heavy atom. The van der Waals surface area contributed by atoms with Crippen molar-refractivity contribution in [2.45, 2.75) is 20.8 Å². The summed E-state index contributed by atoms with van der Waals surface area (Å²) in [6, 6.07) is 11.5. The summed E-state index contributed by atoms with van der Waals surface area (Å²) in [5, 5.41) is 0. The smallest absolute Gasteiger partial charge is 0.131 e. The van der Waals surface area contributed by atoms with Crippen LogP contribution in [0.2, 0.25) is 0 Å². The highest BCUT2D eigenvalue weighted by atomic mass is 19.1. The van der Waals surface area contributed by atoms with Gasteiger partial charge in [0.2, 0.25) is 0 Å². The molecule has 0 fully saturated rings. The molecule has 0 unspecified atom stereocenters. The first-order valence-electron chi connectivity index (χ1n) is 6.68. The molecule has 0 N–H and O–H groups in total. The predicted octanol–water partition coefficient (Wildman–Crippen LogP) is 5.48. The van der Waals surface area contributed by atoms with E-state index in [0.717, 1.165) is 11.1 Å². The van der Waals surface area contributed by atoms with Crippen LogP contribution in [0.4, 0.5) is 4.39 Å². The summed E-state index contributed by atoms with van der Waals surface area (Å²) in [6.07, 6.45) is 3.83. The van der Waals surface area contributed by atoms with E-state index in [9.17, 15) is 4.39 Å². The predicted molar refractivity (Wildman–Crippen MR) is 85.1 cm³/mol. The van der Waals surface area contributed by atoms with Crippen molar-refractivity contribution >= 4 is 11.6 Å². The van der Waals surface area contributed by atoms with Crippen LogP contribution in [-0.2, 0) is 0 Å². The average Bonchev–Trinajstić information content (AvgIpc) is 2.40. The molecule has 0 saturated heterocycles. The third-order valence-corrected chi connectivity index (χ3v) is 3.48. The molecule has 0 atom stereocenters. The van der Waals surface area contributed by atoms with Gasteiger partial charge in [-0.1, -0.05) is 49.1 Å². The van der Waals surface area contributed by atoms with Crippen molar-refractivity contribution in [3.8, 4) is 0 Å². The zero-order valence-electron chi connectivity index (χ0n) is 12.2. The summed E-state index contributed by atoms with van der Waals surface area (Å²) < 4.78 is 13.8. The minimum Gasteiger partial charge on any atom is -0.206 e. The number of hydrogen-bond donors (Lipinski definition) is 0. The van der Waals surface area contributed by atoms with E-state index in [1.807, 2.05) is 25.1 Å². The third kappa shape index (κ3) is 3.24. The van der Waals surface area contributed by atoms with Gasteiger partial charge in [-0.3, -0.25) is 0 Å². The molecule has 102 valence electrons. The second-order valence-corrected chi connectivity index (χ2v) is 5.19. The van der Waals surface area contributed by atoms with E-state index < -0.39 is 0 Å². The van der Waals surface area contributed by atoms with Crippen LogP contribution >= 0.6 is 0 Å². The molecule has 2 aromatic rings. The third-order valence-electron chi connectivity index (χ3n) is 3.48. The van der Waals surface area contributed by atoms with Crippen LogP contribution in [0.3, 0.4) is 0 Å². The van der Waals surface area contributed by atoms with Gasteiger partial charge >= 0.3 is 0 Å². The Bertz CT molecular complexity index is 678. The van der Waals surface area contributed by atoms with Crippen LogP contribution in [0.1, 0.15) is 27.8 Å². The van der Waals surface area contributed by atoms with Crippen LogP contribution in [0.25, 0.3) is 11.6 Å². The molecular formula is C19H19F. The van der Waals surface area contributed by atoms with E-state index in [-0.39, 0.29) is 5.82 Å². The fraction of sp³-hybridized carbons (Fsp3) is 0.158. The number of aryl methyl sites for hydroxylation is 3. The van der Waals surface area contributed by atoms with E-state index in [4.69, 9.17) is 0 Å². The zero-order chi connectivity index (χ0) is 14.7. The van der Waals surface area contributed by atoms with Gasteiger partial charge in [0.05, 0.1) is 0 Å². The molecule has 0 radical (unpaired) electrons. The number of benzene rings is 2. The molecule has 0 aromatic heterocycles. The summed E-state index contributed by atoms with van der Waals surface area (Å²) >= 11 is 0. The van der Waals surface area contributed by atoms with Crippen LogP contribution in [0.5, 0.6) is 0 Å². The van der Waals surface area contributed by atoms with E-state index in [1.165, 1.54) is 17.2 Å². The first-order valence-corrected chi connectivity index (χ1v) is 6.68. The van der Waals surface area contributed by atoms with Crippen LogP contribution in [0.15, 0.2) is 49.1 Å². The van der Waals surface area contributed by atoms with Gasteiger partial charge in [-0.25, -0.2) is 4.39 Å². The van der Waals surface area contributed by atoms with Gasteiger partial charge in [0, 0.05) is 5.56 Å². The molecule has 2 rings (SSSR count). The molecular weight excluding hydrogens is 247 g/mol. The molecule has 0 aliphatic carbocycles. The lowest BCUT2D eigenvalue weighted by molar-refractivity contribution is 0.623. The Balaban J connectivity index is 2.22. The van der Waals surface area contributed by atoms with Crippen molar-refractivity contribution in [3.63, 3.8) is 0 Å². The van der Waals surface area contributed by atoms with Gasteiger partial charge in [0.25, 0.3) is 0 Å². The summed E-state index contributed by atoms with van der Waals surface area (Å²) in [5.74, 6) is -0.222. The van der Waals surface area contributed by atoms with Crippen molar-refractivity contribution in [1.82, 2.24) is 0 Å². The van der Waals surface area contributed by atoms with Crippen molar-refractivity contribution in [1.29, 1.82) is 0 Å². The van der Waals surface area contributed by atoms with Gasteiger partial charge in [0.15, 0.2) is 0 Å². The first-order chi connectivity index (χ1) is 9.47. The second kappa shape index (κ2) is 5.87. The average molecular weight is 266 g/mol. The molecule has 0 spiro atoms. The summed E-state index contributed by atoms with van der Waals surface area (Å²) in [4.78, 5) is 0. The van der Waals surface area contributed by atoms with Gasteiger partial charge in [-0.15, -0.1) is 0 Å². The highest BCUT2D eigenvalue weighted by Gasteiger charge is 2.03. The quantitative estimate of drug-likeness (QED) is 0.645. The van der Waals surface area contributed by atoms with Gasteiger partial charge in [0.1, 0.15) is 5.82 Å². The Morgan fingerprint density at radius 2 is 1.75 bits per heavy atom. The molecule has 0 aliphatic heterocycles. The van der Waals surface area contributed by atoms with Crippen LogP contribution in [0, 0.1) is 26.6 Å². The summed E-state index contributed by atoms with van der Waals surface area (Å²) in [6.45, 7) is 9.99. The topological polar surface area (TPSA) is 0 Å². The highest BCUT2D eigenvalue weighted by Crippen LogP contribution is 2.20. The summed E-state index contributed by atoms with van der Waals surface area (Å²) in [5.41, 5.74) is 5.76. The maximum atomic E-state index is 13.8. The molecule has 0 heterocycles. The molecule has 0 bridgehead atoms. The van der Waals surface area contributed by atoms with E-state index in [2.05, 4.69) is 38.6 Å². The maximum Gasteiger partial charge on any atom is 0.131 e. The fourth-order valence-electron chi connectivity index (χ4n) is 2.04. The molecule has 1 heteroatoms. The normalized spacial score (nSPS) is 11.0. The first kappa shape index (κ1) is 14.3. The number of rotatable bonds is 3. The number of hydrogen-bond acceptors (Lipinski definition) is 0. The maximum absolute atomic E-state index is 13.8. The molecule has 0 aliphatic rings. The Labute approximate surface area is 120 Å². The Morgan fingerprint density at radius 1 is 1.00 bits per heavy atom. The minimum atomic E-state index is -0.222. The van der Waals surface area contributed by atoms with Gasteiger partial charge in [-0.2, -0.15) is 0 Å². The second-order valence-electron chi connectivity index (χ2n) is 5.19. The molecule has 0 nitrogen and oxygen atoms in total. The van der Waals surface area contributed by atoms with Crippen molar-refractivity contribution in [2.75, 3.05) is 0 Å². The largest absolute Gasteiger partial charge is 0.206 e. The summed E-state index contributed by atoms with van der Waals surface area (Å²) in [7, 11) is 0. The Kier molecular flexibility index (Phi) is 4.19. The van der Waals surface area contributed by atoms with Crippen molar-refractivity contribution in [3.05, 3.63) is 82.7 Å². The number of halogens is 1. The van der Waals surface area contributed by atoms with Gasteiger partial charge in [-0.05, 0) is 54.7 Å². The Hall–Kier alpha value is -2.15. The SMILES string of the molecule is C=C(/C=C/c1ccc(C)c(C)c1)c1ccc(C)cc1F.